The number of hydrogen-bond donors (Lipinski definition) is 1. The van der Waals surface area contributed by atoms with Crippen molar-refractivity contribution in [2.24, 2.45) is 5.92 Å². The van der Waals surface area contributed by atoms with E-state index < -0.39 is 0 Å². The Hall–Kier alpha value is -1.81. The number of rotatable bonds is 6. The molecule has 1 aromatic heterocycles. The van der Waals surface area contributed by atoms with Gasteiger partial charge in [-0.25, -0.2) is 0 Å². The van der Waals surface area contributed by atoms with E-state index in [0.717, 1.165) is 24.4 Å². The molecule has 1 aliphatic carbocycles. The minimum absolute atomic E-state index is 0.121. The molecule has 1 saturated carbocycles. The van der Waals surface area contributed by atoms with Gasteiger partial charge < -0.3 is 5.32 Å². The monoisotopic (exact) mass is 303 g/mol. The van der Waals surface area contributed by atoms with E-state index in [0.29, 0.717) is 12.5 Å². The Kier molecular flexibility index (Phi) is 4.25. The molecule has 3 rings (SSSR count). The molecule has 0 aliphatic heterocycles. The van der Waals surface area contributed by atoms with Crippen LogP contribution < -0.4 is 5.32 Å². The highest BCUT2D eigenvalue weighted by Crippen LogP contribution is 2.47. The van der Waals surface area contributed by atoms with E-state index in [1.54, 1.807) is 6.20 Å². The van der Waals surface area contributed by atoms with Crippen molar-refractivity contribution >= 4 is 17.5 Å². The topological polar surface area (TPSA) is 46.9 Å². The van der Waals surface area contributed by atoms with Gasteiger partial charge in [-0.1, -0.05) is 23.7 Å². The number of aromatic nitrogens is 2. The Morgan fingerprint density at radius 3 is 2.90 bits per heavy atom. The van der Waals surface area contributed by atoms with E-state index in [-0.39, 0.29) is 11.8 Å². The minimum atomic E-state index is 0.121. The third kappa shape index (κ3) is 3.64. The number of nitrogens with one attached hydrogen (secondary N) is 1. The number of carbonyl (C=O) groups excluding carboxylic acids is 1. The largest absolute Gasteiger partial charge is 0.356 e. The van der Waals surface area contributed by atoms with Crippen molar-refractivity contribution in [3.63, 3.8) is 0 Å². The molecule has 2 atom stereocenters. The molecule has 0 spiro atoms. The maximum Gasteiger partial charge on any atom is 0.223 e. The summed E-state index contributed by atoms with van der Waals surface area (Å²) in [5.41, 5.74) is 1.20. The van der Waals surface area contributed by atoms with Gasteiger partial charge in [0, 0.05) is 36.4 Å². The van der Waals surface area contributed by atoms with Crippen molar-refractivity contribution in [2.75, 3.05) is 6.54 Å². The highest BCUT2D eigenvalue weighted by atomic mass is 35.5. The van der Waals surface area contributed by atoms with Crippen LogP contribution in [0.4, 0.5) is 0 Å². The van der Waals surface area contributed by atoms with Crippen LogP contribution in [0.25, 0.3) is 0 Å². The molecular weight excluding hydrogens is 286 g/mol. The summed E-state index contributed by atoms with van der Waals surface area (Å²) in [7, 11) is 0. The summed E-state index contributed by atoms with van der Waals surface area (Å²) in [6, 6.07) is 9.69. The lowest BCUT2D eigenvalue weighted by Crippen LogP contribution is -2.27. The Bertz CT molecular complexity index is 594. The average molecular weight is 304 g/mol. The summed E-state index contributed by atoms with van der Waals surface area (Å²) < 4.78 is 1.87. The first-order valence-electron chi connectivity index (χ1n) is 7.24. The second-order valence-corrected chi connectivity index (χ2v) is 5.85. The van der Waals surface area contributed by atoms with Crippen LogP contribution in [0.2, 0.25) is 5.02 Å². The molecule has 2 unspecified atom stereocenters. The molecule has 5 heteroatoms. The second-order valence-electron chi connectivity index (χ2n) is 5.41. The predicted octanol–water partition coefficient (Wildman–Crippen LogP) is 2.85. The number of halogens is 1. The lowest BCUT2D eigenvalue weighted by molar-refractivity contribution is -0.122. The predicted molar refractivity (Wildman–Crippen MR) is 82.2 cm³/mol. The van der Waals surface area contributed by atoms with Gasteiger partial charge in [-0.2, -0.15) is 5.10 Å². The van der Waals surface area contributed by atoms with Crippen LogP contribution in [0, 0.1) is 5.92 Å². The standard InChI is InChI=1S/C16H18ClN3O/c17-13-5-3-12(4-6-13)14-11-15(14)16(21)18-7-1-9-20-10-2-8-19-20/h2-6,8,10,14-15H,1,7,9,11H2,(H,18,21). The smallest absolute Gasteiger partial charge is 0.223 e. The fourth-order valence-electron chi connectivity index (χ4n) is 2.58. The molecule has 1 aliphatic rings. The zero-order chi connectivity index (χ0) is 14.7. The van der Waals surface area contributed by atoms with Crippen molar-refractivity contribution in [3.8, 4) is 0 Å². The number of hydrogen-bond acceptors (Lipinski definition) is 2. The van der Waals surface area contributed by atoms with E-state index in [2.05, 4.69) is 10.4 Å². The molecule has 4 nitrogen and oxygen atoms in total. The molecule has 21 heavy (non-hydrogen) atoms. The summed E-state index contributed by atoms with van der Waals surface area (Å²) >= 11 is 5.88. The SMILES string of the molecule is O=C(NCCCn1cccn1)C1CC1c1ccc(Cl)cc1. The van der Waals surface area contributed by atoms with Gasteiger partial charge in [0.05, 0.1) is 0 Å². The molecule has 1 N–H and O–H groups in total. The summed E-state index contributed by atoms with van der Waals surface area (Å²) in [6.45, 7) is 1.53. The van der Waals surface area contributed by atoms with Gasteiger partial charge in [0.2, 0.25) is 5.91 Å². The van der Waals surface area contributed by atoms with Crippen LogP contribution in [0.1, 0.15) is 24.3 Å². The van der Waals surface area contributed by atoms with E-state index in [4.69, 9.17) is 11.6 Å². The number of benzene rings is 1. The quantitative estimate of drug-likeness (QED) is 0.834. The third-order valence-electron chi connectivity index (χ3n) is 3.85. The normalized spacial score (nSPS) is 20.2. The maximum atomic E-state index is 12.1. The molecule has 0 radical (unpaired) electrons. The molecule has 1 fully saturated rings. The second kappa shape index (κ2) is 6.31. The first kappa shape index (κ1) is 14.1. The molecule has 0 bridgehead atoms. The maximum absolute atomic E-state index is 12.1. The van der Waals surface area contributed by atoms with Gasteiger partial charge in [-0.05, 0) is 42.5 Å². The van der Waals surface area contributed by atoms with Crippen LogP contribution >= 0.6 is 11.6 Å². The highest BCUT2D eigenvalue weighted by Gasteiger charge is 2.43. The van der Waals surface area contributed by atoms with Crippen molar-refractivity contribution in [3.05, 3.63) is 53.3 Å². The van der Waals surface area contributed by atoms with Crippen LogP contribution in [0.15, 0.2) is 42.7 Å². The Morgan fingerprint density at radius 1 is 1.38 bits per heavy atom. The zero-order valence-corrected chi connectivity index (χ0v) is 12.5. The van der Waals surface area contributed by atoms with Crippen molar-refractivity contribution in [1.82, 2.24) is 15.1 Å². The average Bonchev–Trinajstić information content (AvgIpc) is 3.12. The molecular formula is C16H18ClN3O. The molecule has 1 heterocycles. The van der Waals surface area contributed by atoms with E-state index >= 15 is 0 Å². The lowest BCUT2D eigenvalue weighted by atomic mass is 10.1. The molecule has 1 amide bonds. The highest BCUT2D eigenvalue weighted by molar-refractivity contribution is 6.30. The number of amides is 1. The van der Waals surface area contributed by atoms with Crippen LogP contribution in [0.3, 0.4) is 0 Å². The lowest BCUT2D eigenvalue weighted by Gasteiger charge is -2.05. The first-order valence-corrected chi connectivity index (χ1v) is 7.62. The summed E-state index contributed by atoms with van der Waals surface area (Å²) in [4.78, 5) is 12.1. The van der Waals surface area contributed by atoms with Gasteiger partial charge >= 0.3 is 0 Å². The summed E-state index contributed by atoms with van der Waals surface area (Å²) in [5, 5.41) is 7.88. The molecule has 110 valence electrons. The number of carbonyl (C=O) groups is 1. The number of nitrogens with zero attached hydrogens (tertiary/aromatic N) is 2. The van der Waals surface area contributed by atoms with Crippen LogP contribution in [-0.2, 0) is 11.3 Å². The van der Waals surface area contributed by atoms with Crippen molar-refractivity contribution in [2.45, 2.75) is 25.3 Å². The third-order valence-corrected chi connectivity index (χ3v) is 4.10. The fourth-order valence-corrected chi connectivity index (χ4v) is 2.71. The van der Waals surface area contributed by atoms with Gasteiger partial charge in [0.15, 0.2) is 0 Å². The molecule has 1 aromatic carbocycles. The van der Waals surface area contributed by atoms with E-state index in [1.807, 2.05) is 41.2 Å². The minimum Gasteiger partial charge on any atom is -0.356 e. The van der Waals surface area contributed by atoms with Gasteiger partial charge in [0.1, 0.15) is 0 Å². The van der Waals surface area contributed by atoms with Gasteiger partial charge in [-0.15, -0.1) is 0 Å². The molecule has 2 aromatic rings. The van der Waals surface area contributed by atoms with Crippen molar-refractivity contribution < 1.29 is 4.79 Å². The van der Waals surface area contributed by atoms with E-state index in [1.165, 1.54) is 5.56 Å². The van der Waals surface area contributed by atoms with Gasteiger partial charge in [0.25, 0.3) is 0 Å². The summed E-state index contributed by atoms with van der Waals surface area (Å²) in [5.74, 6) is 0.639. The zero-order valence-electron chi connectivity index (χ0n) is 11.7. The Labute approximate surface area is 129 Å². The first-order chi connectivity index (χ1) is 10.2. The number of aryl methyl sites for hydroxylation is 1. The fraction of sp³-hybridized carbons (Fsp3) is 0.375. The van der Waals surface area contributed by atoms with Crippen LogP contribution in [-0.4, -0.2) is 22.2 Å². The molecule has 0 saturated heterocycles. The van der Waals surface area contributed by atoms with Crippen molar-refractivity contribution in [1.29, 1.82) is 0 Å². The van der Waals surface area contributed by atoms with E-state index in [9.17, 15) is 4.79 Å². The van der Waals surface area contributed by atoms with Crippen LogP contribution in [0.5, 0.6) is 0 Å². The Balaban J connectivity index is 1.40. The Morgan fingerprint density at radius 2 is 2.19 bits per heavy atom. The van der Waals surface area contributed by atoms with Gasteiger partial charge in [-0.3, -0.25) is 9.48 Å². The summed E-state index contributed by atoms with van der Waals surface area (Å²) in [6.07, 6.45) is 5.52.